The number of hydrogen-bond acceptors (Lipinski definition) is 2. The van der Waals surface area contributed by atoms with Gasteiger partial charge in [-0.2, -0.15) is 13.2 Å². The Morgan fingerprint density at radius 2 is 1.84 bits per heavy atom. The Hall–Kier alpha value is -1.30. The van der Waals surface area contributed by atoms with Crippen LogP contribution in [0.4, 0.5) is 17.6 Å². The molecule has 0 aromatic heterocycles. The van der Waals surface area contributed by atoms with Gasteiger partial charge in [-0.05, 0) is 17.9 Å². The van der Waals surface area contributed by atoms with Crippen LogP contribution in [0.3, 0.4) is 0 Å². The summed E-state index contributed by atoms with van der Waals surface area (Å²) in [5.41, 5.74) is -0.590. The van der Waals surface area contributed by atoms with Crippen LogP contribution in [-0.4, -0.2) is 24.5 Å². The van der Waals surface area contributed by atoms with Crippen molar-refractivity contribution in [2.45, 2.75) is 38.0 Å². The number of aliphatic hydroxyl groups excluding tert-OH is 1. The van der Waals surface area contributed by atoms with Crippen LogP contribution in [0.1, 0.15) is 25.8 Å². The highest BCUT2D eigenvalue weighted by molar-refractivity contribution is 5.39. The van der Waals surface area contributed by atoms with E-state index in [1.807, 2.05) is 0 Å². The molecule has 0 radical (unpaired) electrons. The van der Waals surface area contributed by atoms with E-state index in [1.165, 1.54) is 27.0 Å². The molecule has 0 bridgehead atoms. The molecule has 1 aromatic rings. The zero-order valence-corrected chi connectivity index (χ0v) is 10.9. The van der Waals surface area contributed by atoms with Crippen LogP contribution in [0.25, 0.3) is 0 Å². The van der Waals surface area contributed by atoms with Crippen LogP contribution in [0.2, 0.25) is 0 Å². The molecule has 0 saturated carbocycles. The predicted octanol–water partition coefficient (Wildman–Crippen LogP) is 3.43. The molecule has 0 fully saturated rings. The summed E-state index contributed by atoms with van der Waals surface area (Å²) in [7, 11) is 1.31. The normalized spacial score (nSPS) is 14.3. The van der Waals surface area contributed by atoms with Crippen molar-refractivity contribution in [2.75, 3.05) is 7.11 Å². The molecule has 1 rings (SSSR count). The first-order valence-electron chi connectivity index (χ1n) is 5.67. The van der Waals surface area contributed by atoms with E-state index in [0.29, 0.717) is 5.56 Å². The molecule has 1 N–H and O–H groups in total. The summed E-state index contributed by atoms with van der Waals surface area (Å²) >= 11 is 0. The minimum atomic E-state index is -4.68. The average Bonchev–Trinajstić information content (AvgIpc) is 2.26. The Bertz CT molecular complexity index is 441. The van der Waals surface area contributed by atoms with Crippen molar-refractivity contribution >= 4 is 0 Å². The second-order valence-electron chi connectivity index (χ2n) is 4.99. The molecule has 2 nitrogen and oxygen atoms in total. The number of rotatable bonds is 4. The van der Waals surface area contributed by atoms with Gasteiger partial charge in [0.1, 0.15) is 11.6 Å². The molecule has 0 aliphatic rings. The Kier molecular flexibility index (Phi) is 4.45. The van der Waals surface area contributed by atoms with E-state index in [2.05, 4.69) is 0 Å². The van der Waals surface area contributed by atoms with Gasteiger partial charge in [0, 0.05) is 11.6 Å². The lowest BCUT2D eigenvalue weighted by Crippen LogP contribution is -2.35. The smallest absolute Gasteiger partial charge is 0.414 e. The van der Waals surface area contributed by atoms with Crippen molar-refractivity contribution in [3.05, 3.63) is 29.6 Å². The number of methoxy groups -OCH3 is 1. The molecule has 108 valence electrons. The van der Waals surface area contributed by atoms with E-state index in [4.69, 9.17) is 9.84 Å². The lowest BCUT2D eigenvalue weighted by molar-refractivity contribution is -0.209. The molecule has 0 spiro atoms. The molecule has 6 heteroatoms. The maximum atomic E-state index is 13.1. The fourth-order valence-electron chi connectivity index (χ4n) is 1.93. The van der Waals surface area contributed by atoms with Gasteiger partial charge < -0.3 is 9.84 Å². The molecular formula is C13H16F4O2. The van der Waals surface area contributed by atoms with E-state index in [9.17, 15) is 17.6 Å². The maximum Gasteiger partial charge on any atom is 0.414 e. The monoisotopic (exact) mass is 280 g/mol. The molecule has 1 aromatic carbocycles. The summed E-state index contributed by atoms with van der Waals surface area (Å²) in [6, 6.07) is 3.63. The number of alkyl halides is 3. The van der Waals surface area contributed by atoms with Gasteiger partial charge in [0.05, 0.1) is 7.11 Å². The SMILES string of the molecule is COc1cc(F)ccc1C(C)(C)CC(O)C(F)(F)F. The zero-order valence-electron chi connectivity index (χ0n) is 10.9. The molecule has 0 heterocycles. The van der Waals surface area contributed by atoms with Gasteiger partial charge >= 0.3 is 6.18 Å². The molecule has 0 amide bonds. The topological polar surface area (TPSA) is 29.5 Å². The Morgan fingerprint density at radius 1 is 1.26 bits per heavy atom. The lowest BCUT2D eigenvalue weighted by atomic mass is 9.79. The van der Waals surface area contributed by atoms with Crippen LogP contribution < -0.4 is 4.74 Å². The molecule has 0 aliphatic heterocycles. The third kappa shape index (κ3) is 3.83. The Balaban J connectivity index is 3.06. The number of ether oxygens (including phenoxy) is 1. The Labute approximate surface area is 109 Å². The van der Waals surface area contributed by atoms with Crippen molar-refractivity contribution in [1.82, 2.24) is 0 Å². The van der Waals surface area contributed by atoms with Gasteiger partial charge in [0.15, 0.2) is 6.10 Å². The van der Waals surface area contributed by atoms with Gasteiger partial charge in [-0.3, -0.25) is 0 Å². The fraction of sp³-hybridized carbons (Fsp3) is 0.538. The molecule has 0 aliphatic carbocycles. The number of halogens is 4. The van der Waals surface area contributed by atoms with Crippen molar-refractivity contribution in [3.63, 3.8) is 0 Å². The van der Waals surface area contributed by atoms with Crippen LogP contribution in [0.15, 0.2) is 18.2 Å². The second kappa shape index (κ2) is 5.36. The predicted molar refractivity (Wildman–Crippen MR) is 62.7 cm³/mol. The quantitative estimate of drug-likeness (QED) is 0.856. The van der Waals surface area contributed by atoms with E-state index < -0.39 is 29.9 Å². The van der Waals surface area contributed by atoms with Crippen LogP contribution in [0, 0.1) is 5.82 Å². The Morgan fingerprint density at radius 3 is 2.32 bits per heavy atom. The third-order valence-electron chi connectivity index (χ3n) is 2.97. The van der Waals surface area contributed by atoms with E-state index in [1.54, 1.807) is 0 Å². The molecule has 1 unspecified atom stereocenters. The maximum absolute atomic E-state index is 13.1. The highest BCUT2D eigenvalue weighted by Gasteiger charge is 2.42. The number of hydrogen-bond donors (Lipinski definition) is 1. The highest BCUT2D eigenvalue weighted by Crippen LogP contribution is 2.38. The standard InChI is InChI=1S/C13H16F4O2/c1-12(2,7-11(18)13(15,16)17)9-5-4-8(14)6-10(9)19-3/h4-6,11,18H,7H2,1-3H3. The summed E-state index contributed by atoms with van der Waals surface area (Å²) in [6.45, 7) is 3.08. The van der Waals surface area contributed by atoms with Crippen molar-refractivity contribution in [2.24, 2.45) is 0 Å². The van der Waals surface area contributed by atoms with Gasteiger partial charge in [-0.1, -0.05) is 19.9 Å². The number of aliphatic hydroxyl groups is 1. The number of benzene rings is 1. The van der Waals surface area contributed by atoms with Gasteiger partial charge in [0.2, 0.25) is 0 Å². The first kappa shape index (κ1) is 15.8. The average molecular weight is 280 g/mol. The van der Waals surface area contributed by atoms with Gasteiger partial charge in [0.25, 0.3) is 0 Å². The van der Waals surface area contributed by atoms with Crippen molar-refractivity contribution in [1.29, 1.82) is 0 Å². The van der Waals surface area contributed by atoms with Crippen molar-refractivity contribution < 1.29 is 27.4 Å². The minimum absolute atomic E-state index is 0.166. The van der Waals surface area contributed by atoms with Crippen LogP contribution >= 0.6 is 0 Å². The van der Waals surface area contributed by atoms with E-state index >= 15 is 0 Å². The molecular weight excluding hydrogens is 264 g/mol. The zero-order chi connectivity index (χ0) is 14.8. The van der Waals surface area contributed by atoms with E-state index in [0.717, 1.165) is 12.1 Å². The lowest BCUT2D eigenvalue weighted by Gasteiger charge is -2.30. The summed E-state index contributed by atoms with van der Waals surface area (Å²) in [5, 5.41) is 9.16. The highest BCUT2D eigenvalue weighted by atomic mass is 19.4. The van der Waals surface area contributed by atoms with Crippen LogP contribution in [-0.2, 0) is 5.41 Å². The summed E-state index contributed by atoms with van der Waals surface area (Å²) < 4.78 is 55.2. The fourth-order valence-corrected chi connectivity index (χ4v) is 1.93. The summed E-state index contributed by atoms with van der Waals surface area (Å²) in [5.74, 6) is -0.368. The van der Waals surface area contributed by atoms with E-state index in [-0.39, 0.29) is 5.75 Å². The summed E-state index contributed by atoms with van der Waals surface area (Å²) in [6.07, 6.45) is -7.64. The molecule has 1 atom stereocenters. The summed E-state index contributed by atoms with van der Waals surface area (Å²) in [4.78, 5) is 0. The van der Waals surface area contributed by atoms with Gasteiger partial charge in [-0.25, -0.2) is 4.39 Å². The van der Waals surface area contributed by atoms with Crippen LogP contribution in [0.5, 0.6) is 5.75 Å². The second-order valence-corrected chi connectivity index (χ2v) is 4.99. The first-order valence-corrected chi connectivity index (χ1v) is 5.67. The minimum Gasteiger partial charge on any atom is -0.496 e. The van der Waals surface area contributed by atoms with Crippen molar-refractivity contribution in [3.8, 4) is 5.75 Å². The first-order chi connectivity index (χ1) is 8.58. The third-order valence-corrected chi connectivity index (χ3v) is 2.97. The largest absolute Gasteiger partial charge is 0.496 e. The molecule has 19 heavy (non-hydrogen) atoms. The molecule has 0 saturated heterocycles. The van der Waals surface area contributed by atoms with Gasteiger partial charge in [-0.15, -0.1) is 0 Å².